The number of anilines is 1. The van der Waals surface area contributed by atoms with E-state index < -0.39 is 5.66 Å². The van der Waals surface area contributed by atoms with E-state index in [-0.39, 0.29) is 11.8 Å². The Morgan fingerprint density at radius 3 is 2.62 bits per heavy atom. The molecule has 3 heterocycles. The summed E-state index contributed by atoms with van der Waals surface area (Å²) in [5.41, 5.74) is 2.64. The van der Waals surface area contributed by atoms with Gasteiger partial charge in [0.1, 0.15) is 5.66 Å². The second-order valence-corrected chi connectivity index (χ2v) is 8.10. The van der Waals surface area contributed by atoms with Gasteiger partial charge in [-0.15, -0.1) is 0 Å². The molecule has 29 heavy (non-hydrogen) atoms. The van der Waals surface area contributed by atoms with Crippen molar-refractivity contribution in [1.29, 1.82) is 0 Å². The monoisotopic (exact) mass is 395 g/mol. The first-order chi connectivity index (χ1) is 13.9. The van der Waals surface area contributed by atoms with Crippen molar-refractivity contribution in [2.45, 2.75) is 45.2 Å². The van der Waals surface area contributed by atoms with E-state index in [9.17, 15) is 9.59 Å². The second-order valence-electron chi connectivity index (χ2n) is 8.10. The van der Waals surface area contributed by atoms with E-state index in [1.807, 2.05) is 54.1 Å². The first kappa shape index (κ1) is 19.5. The minimum absolute atomic E-state index is 0.0359. The molecule has 1 fully saturated rings. The van der Waals surface area contributed by atoms with Gasteiger partial charge in [-0.3, -0.25) is 14.3 Å². The van der Waals surface area contributed by atoms with Crippen LogP contribution in [0.3, 0.4) is 0 Å². The number of hydrogen-bond acceptors (Lipinski definition) is 4. The average molecular weight is 396 g/mol. The minimum atomic E-state index is -0.433. The number of nitrogens with zero attached hydrogens (tertiary/aromatic N) is 4. The number of aryl methyl sites for hydroxylation is 2. The van der Waals surface area contributed by atoms with Gasteiger partial charge in [-0.05, 0) is 31.5 Å². The first-order valence-corrected chi connectivity index (χ1v) is 10.4. The van der Waals surface area contributed by atoms with Crippen LogP contribution in [0.2, 0.25) is 0 Å². The number of unbranched alkanes of at least 4 members (excludes halogenated alkanes) is 1. The molecule has 7 nitrogen and oxygen atoms in total. The van der Waals surface area contributed by atoms with Crippen LogP contribution in [0.25, 0.3) is 0 Å². The number of carbonyl (C=O) groups is 2. The molecule has 154 valence electrons. The maximum atomic E-state index is 13.3. The van der Waals surface area contributed by atoms with E-state index in [1.165, 1.54) is 0 Å². The van der Waals surface area contributed by atoms with Crippen molar-refractivity contribution in [3.63, 3.8) is 0 Å². The molecule has 1 aromatic heterocycles. The molecule has 1 saturated heterocycles. The third kappa shape index (κ3) is 3.39. The maximum absolute atomic E-state index is 13.3. The van der Waals surface area contributed by atoms with Gasteiger partial charge in [0.05, 0.1) is 5.56 Å². The Labute approximate surface area is 171 Å². The molecule has 1 spiro atoms. The molecule has 2 aromatic rings. The Bertz CT molecular complexity index is 908. The van der Waals surface area contributed by atoms with Gasteiger partial charge in [0.2, 0.25) is 0 Å². The van der Waals surface area contributed by atoms with Crippen LogP contribution in [0.5, 0.6) is 0 Å². The molecular weight excluding hydrogens is 366 g/mol. The van der Waals surface area contributed by atoms with E-state index >= 15 is 0 Å². The molecule has 2 aliphatic rings. The highest BCUT2D eigenvalue weighted by Gasteiger charge is 2.46. The Hall–Kier alpha value is -2.83. The zero-order valence-corrected chi connectivity index (χ0v) is 17.4. The number of amides is 2. The smallest absolute Gasteiger partial charge is 0.274 e. The van der Waals surface area contributed by atoms with Crippen LogP contribution in [-0.2, 0) is 7.05 Å². The summed E-state index contributed by atoms with van der Waals surface area (Å²) in [5.74, 6) is 0.0547. The number of rotatable bonds is 4. The van der Waals surface area contributed by atoms with Gasteiger partial charge in [0, 0.05) is 50.9 Å². The predicted molar refractivity (Wildman–Crippen MR) is 112 cm³/mol. The zero-order chi connectivity index (χ0) is 20.6. The number of benzene rings is 1. The average Bonchev–Trinajstić information content (AvgIpc) is 3.06. The Morgan fingerprint density at radius 1 is 1.24 bits per heavy atom. The maximum Gasteiger partial charge on any atom is 0.274 e. The fourth-order valence-electron chi connectivity index (χ4n) is 4.37. The van der Waals surface area contributed by atoms with E-state index in [0.29, 0.717) is 31.6 Å². The molecule has 1 N–H and O–H groups in total. The van der Waals surface area contributed by atoms with Gasteiger partial charge in [0.15, 0.2) is 5.69 Å². The van der Waals surface area contributed by atoms with Crippen molar-refractivity contribution in [2.75, 3.05) is 25.0 Å². The number of carbonyl (C=O) groups excluding carboxylic acids is 2. The summed E-state index contributed by atoms with van der Waals surface area (Å²) in [6, 6.07) is 9.55. The van der Waals surface area contributed by atoms with Crippen molar-refractivity contribution in [1.82, 2.24) is 19.6 Å². The number of fused-ring (bicyclic) bond motifs is 1. The Balaban J connectivity index is 1.56. The van der Waals surface area contributed by atoms with Crippen molar-refractivity contribution in [2.24, 2.45) is 7.05 Å². The van der Waals surface area contributed by atoms with Crippen LogP contribution in [0.1, 0.15) is 59.1 Å². The molecule has 7 heteroatoms. The Kier molecular flexibility index (Phi) is 5.06. The van der Waals surface area contributed by atoms with Crippen LogP contribution >= 0.6 is 0 Å². The molecule has 0 bridgehead atoms. The molecular formula is C22H29N5O2. The normalized spacial score (nSPS) is 18.0. The fraction of sp³-hybridized carbons (Fsp3) is 0.500. The highest BCUT2D eigenvalue weighted by atomic mass is 16.2. The predicted octanol–water partition coefficient (Wildman–Crippen LogP) is 3.03. The van der Waals surface area contributed by atoms with E-state index in [1.54, 1.807) is 4.68 Å². The summed E-state index contributed by atoms with van der Waals surface area (Å²) in [7, 11) is 1.85. The molecule has 0 radical (unpaired) electrons. The van der Waals surface area contributed by atoms with Crippen molar-refractivity contribution < 1.29 is 9.59 Å². The summed E-state index contributed by atoms with van der Waals surface area (Å²) in [4.78, 5) is 30.0. The molecule has 4 rings (SSSR count). The minimum Gasteiger partial charge on any atom is -0.362 e. The van der Waals surface area contributed by atoms with E-state index in [0.717, 1.165) is 36.3 Å². The number of para-hydroxylation sites is 1. The zero-order valence-electron chi connectivity index (χ0n) is 17.4. The number of aromatic nitrogens is 2. The van der Waals surface area contributed by atoms with Gasteiger partial charge in [-0.1, -0.05) is 25.5 Å². The highest BCUT2D eigenvalue weighted by molar-refractivity contribution is 6.02. The van der Waals surface area contributed by atoms with Crippen LogP contribution in [0.4, 0.5) is 5.69 Å². The number of likely N-dealkylation sites (tertiary alicyclic amines) is 1. The summed E-state index contributed by atoms with van der Waals surface area (Å²) in [6.45, 7) is 6.00. The summed E-state index contributed by atoms with van der Waals surface area (Å²) in [6.07, 6.45) is 3.40. The van der Waals surface area contributed by atoms with Crippen molar-refractivity contribution in [3.05, 3.63) is 47.3 Å². The van der Waals surface area contributed by atoms with Gasteiger partial charge in [-0.2, -0.15) is 5.10 Å². The summed E-state index contributed by atoms with van der Waals surface area (Å²) >= 11 is 0. The quantitative estimate of drug-likeness (QED) is 0.864. The van der Waals surface area contributed by atoms with Crippen LogP contribution in [-0.4, -0.2) is 56.7 Å². The van der Waals surface area contributed by atoms with Crippen molar-refractivity contribution in [3.8, 4) is 0 Å². The first-order valence-electron chi connectivity index (χ1n) is 10.4. The van der Waals surface area contributed by atoms with Crippen LogP contribution in [0.15, 0.2) is 30.3 Å². The number of piperidine rings is 1. The lowest BCUT2D eigenvalue weighted by molar-refractivity contribution is 0.0252. The van der Waals surface area contributed by atoms with Gasteiger partial charge in [-0.25, -0.2) is 0 Å². The third-order valence-electron chi connectivity index (χ3n) is 6.23. The largest absolute Gasteiger partial charge is 0.362 e. The fourth-order valence-corrected chi connectivity index (χ4v) is 4.37. The number of hydrogen-bond donors (Lipinski definition) is 1. The number of nitrogens with one attached hydrogen (secondary N) is 1. The lowest BCUT2D eigenvalue weighted by Gasteiger charge is -2.52. The van der Waals surface area contributed by atoms with E-state index in [2.05, 4.69) is 17.3 Å². The van der Waals surface area contributed by atoms with Crippen LogP contribution < -0.4 is 5.32 Å². The van der Waals surface area contributed by atoms with Crippen molar-refractivity contribution >= 4 is 17.5 Å². The summed E-state index contributed by atoms with van der Waals surface area (Å²) in [5, 5.41) is 7.99. The SMILES string of the molecule is CCCCN1C(=O)c2ccccc2NC12CCN(C(=O)c1cc(C)n(C)n1)CC2. The lowest BCUT2D eigenvalue weighted by atomic mass is 9.89. The molecule has 0 aliphatic carbocycles. The van der Waals surface area contributed by atoms with Crippen LogP contribution in [0, 0.1) is 6.92 Å². The Morgan fingerprint density at radius 2 is 1.97 bits per heavy atom. The van der Waals surface area contributed by atoms with E-state index in [4.69, 9.17) is 0 Å². The summed E-state index contributed by atoms with van der Waals surface area (Å²) < 4.78 is 1.73. The molecule has 0 atom stereocenters. The molecule has 0 unspecified atom stereocenters. The standard InChI is InChI=1S/C22H29N5O2/c1-4-5-12-27-20(28)17-8-6-7-9-18(17)23-22(27)10-13-26(14-11-22)21(29)19-15-16(2)25(3)24-19/h6-9,15,23H,4-5,10-14H2,1-3H3. The highest BCUT2D eigenvalue weighted by Crippen LogP contribution is 2.38. The second kappa shape index (κ2) is 7.54. The topological polar surface area (TPSA) is 70.5 Å². The molecule has 2 aliphatic heterocycles. The molecule has 0 saturated carbocycles. The third-order valence-corrected chi connectivity index (χ3v) is 6.23. The molecule has 1 aromatic carbocycles. The molecule has 2 amide bonds. The van der Waals surface area contributed by atoms with Gasteiger partial charge >= 0.3 is 0 Å². The van der Waals surface area contributed by atoms with Gasteiger partial charge < -0.3 is 15.1 Å². The lowest BCUT2D eigenvalue weighted by Crippen LogP contribution is -2.64. The van der Waals surface area contributed by atoms with Gasteiger partial charge in [0.25, 0.3) is 11.8 Å².